The summed E-state index contributed by atoms with van der Waals surface area (Å²) in [5.41, 5.74) is 1.16. The standard InChI is InChI=1S/C9H10ClNO2/c1-6(11-12)7-4-3-5-8(10)9(7)13-2/h3-5,12H,1-2H3/b11-6+. The summed E-state index contributed by atoms with van der Waals surface area (Å²) in [6.45, 7) is 1.67. The van der Waals surface area contributed by atoms with Crippen molar-refractivity contribution >= 4 is 17.3 Å². The van der Waals surface area contributed by atoms with Gasteiger partial charge in [-0.3, -0.25) is 0 Å². The SMILES string of the molecule is COc1c(Cl)cccc1/C(C)=N/O. The first-order valence-electron chi connectivity index (χ1n) is 3.72. The molecule has 0 saturated carbocycles. The fourth-order valence-electron chi connectivity index (χ4n) is 1.06. The van der Waals surface area contributed by atoms with Crippen LogP contribution in [0.2, 0.25) is 5.02 Å². The van der Waals surface area contributed by atoms with E-state index in [2.05, 4.69) is 5.16 Å². The minimum Gasteiger partial charge on any atom is -0.494 e. The van der Waals surface area contributed by atoms with Gasteiger partial charge >= 0.3 is 0 Å². The topological polar surface area (TPSA) is 41.8 Å². The molecule has 0 atom stereocenters. The van der Waals surface area contributed by atoms with E-state index in [0.717, 1.165) is 0 Å². The second-order valence-electron chi connectivity index (χ2n) is 2.51. The summed E-state index contributed by atoms with van der Waals surface area (Å²) >= 11 is 5.87. The maximum absolute atomic E-state index is 8.59. The number of ether oxygens (including phenoxy) is 1. The molecule has 0 aliphatic heterocycles. The van der Waals surface area contributed by atoms with E-state index in [4.69, 9.17) is 21.5 Å². The number of rotatable bonds is 2. The molecule has 0 unspecified atom stereocenters. The van der Waals surface area contributed by atoms with Crippen LogP contribution in [0.3, 0.4) is 0 Å². The van der Waals surface area contributed by atoms with Crippen LogP contribution in [0.15, 0.2) is 23.4 Å². The van der Waals surface area contributed by atoms with Crippen LogP contribution in [0.5, 0.6) is 5.75 Å². The first kappa shape index (κ1) is 9.86. The van der Waals surface area contributed by atoms with E-state index >= 15 is 0 Å². The minimum absolute atomic E-state index is 0.472. The summed E-state index contributed by atoms with van der Waals surface area (Å²) in [4.78, 5) is 0. The van der Waals surface area contributed by atoms with Crippen molar-refractivity contribution in [1.29, 1.82) is 0 Å². The Morgan fingerprint density at radius 3 is 2.77 bits per heavy atom. The predicted molar refractivity (Wildman–Crippen MR) is 52.0 cm³/mol. The molecule has 0 aliphatic carbocycles. The van der Waals surface area contributed by atoms with Gasteiger partial charge < -0.3 is 9.94 Å². The molecule has 0 fully saturated rings. The van der Waals surface area contributed by atoms with Crippen LogP contribution in [-0.4, -0.2) is 18.0 Å². The Morgan fingerprint density at radius 1 is 1.54 bits per heavy atom. The number of nitrogens with zero attached hydrogens (tertiary/aromatic N) is 1. The van der Waals surface area contributed by atoms with Gasteiger partial charge in [0, 0.05) is 5.56 Å². The first-order chi connectivity index (χ1) is 6.20. The molecule has 4 heteroatoms. The van der Waals surface area contributed by atoms with E-state index in [9.17, 15) is 0 Å². The van der Waals surface area contributed by atoms with Gasteiger partial charge in [0.25, 0.3) is 0 Å². The van der Waals surface area contributed by atoms with Crippen LogP contribution >= 0.6 is 11.6 Å². The Bertz CT molecular complexity index is 336. The Labute approximate surface area is 81.6 Å². The quantitative estimate of drug-likeness (QED) is 0.452. The molecule has 1 aromatic rings. The van der Waals surface area contributed by atoms with Crippen molar-refractivity contribution < 1.29 is 9.94 Å². The average Bonchev–Trinajstić information content (AvgIpc) is 2.16. The van der Waals surface area contributed by atoms with Gasteiger partial charge in [0.15, 0.2) is 0 Å². The fraction of sp³-hybridized carbons (Fsp3) is 0.222. The van der Waals surface area contributed by atoms with Crippen LogP contribution in [0.25, 0.3) is 0 Å². The number of para-hydroxylation sites is 1. The molecule has 1 N–H and O–H groups in total. The second-order valence-corrected chi connectivity index (χ2v) is 2.91. The summed E-state index contributed by atoms with van der Waals surface area (Å²) in [6.07, 6.45) is 0. The number of hydrogen-bond acceptors (Lipinski definition) is 3. The van der Waals surface area contributed by atoms with E-state index in [1.165, 1.54) is 7.11 Å². The Balaban J connectivity index is 3.28. The van der Waals surface area contributed by atoms with Gasteiger partial charge in [0.1, 0.15) is 5.75 Å². The van der Waals surface area contributed by atoms with Crippen molar-refractivity contribution in [3.63, 3.8) is 0 Å². The molecule has 0 bridgehead atoms. The van der Waals surface area contributed by atoms with E-state index in [1.54, 1.807) is 25.1 Å². The highest BCUT2D eigenvalue weighted by Gasteiger charge is 2.09. The minimum atomic E-state index is 0.472. The summed E-state index contributed by atoms with van der Waals surface area (Å²) in [5.74, 6) is 0.527. The largest absolute Gasteiger partial charge is 0.494 e. The van der Waals surface area contributed by atoms with Crippen molar-refractivity contribution in [3.05, 3.63) is 28.8 Å². The van der Waals surface area contributed by atoms with E-state index in [-0.39, 0.29) is 0 Å². The number of benzene rings is 1. The van der Waals surface area contributed by atoms with Gasteiger partial charge in [-0.1, -0.05) is 22.8 Å². The van der Waals surface area contributed by atoms with E-state index in [0.29, 0.717) is 22.0 Å². The highest BCUT2D eigenvalue weighted by Crippen LogP contribution is 2.28. The molecular formula is C9H10ClNO2. The summed E-state index contributed by atoms with van der Waals surface area (Å²) in [5, 5.41) is 12.2. The lowest BCUT2D eigenvalue weighted by molar-refractivity contribution is 0.318. The summed E-state index contributed by atoms with van der Waals surface area (Å²) in [7, 11) is 1.52. The van der Waals surface area contributed by atoms with Gasteiger partial charge in [-0.25, -0.2) is 0 Å². The lowest BCUT2D eigenvalue weighted by Crippen LogP contribution is -1.99. The van der Waals surface area contributed by atoms with E-state index < -0.39 is 0 Å². The number of halogens is 1. The molecule has 0 heterocycles. The second kappa shape index (κ2) is 4.14. The van der Waals surface area contributed by atoms with Crippen LogP contribution < -0.4 is 4.74 Å². The monoisotopic (exact) mass is 199 g/mol. The molecule has 0 spiro atoms. The molecule has 0 radical (unpaired) electrons. The molecule has 70 valence electrons. The average molecular weight is 200 g/mol. The number of methoxy groups -OCH3 is 1. The molecule has 1 rings (SSSR count). The number of oxime groups is 1. The molecule has 0 aliphatic rings. The van der Waals surface area contributed by atoms with Crippen molar-refractivity contribution in [2.24, 2.45) is 5.16 Å². The Hall–Kier alpha value is -1.22. The lowest BCUT2D eigenvalue weighted by atomic mass is 10.1. The first-order valence-corrected chi connectivity index (χ1v) is 4.10. The third-order valence-electron chi connectivity index (χ3n) is 1.71. The third-order valence-corrected chi connectivity index (χ3v) is 2.01. The third kappa shape index (κ3) is 1.92. The van der Waals surface area contributed by atoms with Crippen molar-refractivity contribution in [1.82, 2.24) is 0 Å². The highest BCUT2D eigenvalue weighted by atomic mass is 35.5. The molecule has 13 heavy (non-hydrogen) atoms. The zero-order valence-corrected chi connectivity index (χ0v) is 8.17. The van der Waals surface area contributed by atoms with Crippen molar-refractivity contribution in [2.75, 3.05) is 7.11 Å². The predicted octanol–water partition coefficient (Wildman–Crippen LogP) is 2.55. The van der Waals surface area contributed by atoms with E-state index in [1.807, 2.05) is 0 Å². The molecule has 1 aromatic carbocycles. The number of hydrogen-bond donors (Lipinski definition) is 1. The normalized spacial score (nSPS) is 11.5. The van der Waals surface area contributed by atoms with Crippen molar-refractivity contribution in [2.45, 2.75) is 6.92 Å². The molecule has 3 nitrogen and oxygen atoms in total. The van der Waals surface area contributed by atoms with Gasteiger partial charge in [-0.05, 0) is 19.1 Å². The van der Waals surface area contributed by atoms with Gasteiger partial charge in [0.2, 0.25) is 0 Å². The highest BCUT2D eigenvalue weighted by molar-refractivity contribution is 6.32. The van der Waals surface area contributed by atoms with Gasteiger partial charge in [0.05, 0.1) is 17.8 Å². The van der Waals surface area contributed by atoms with Gasteiger partial charge in [-0.15, -0.1) is 0 Å². The molecular weight excluding hydrogens is 190 g/mol. The lowest BCUT2D eigenvalue weighted by Gasteiger charge is -2.08. The van der Waals surface area contributed by atoms with Crippen LogP contribution in [0, 0.1) is 0 Å². The van der Waals surface area contributed by atoms with Crippen LogP contribution in [0.4, 0.5) is 0 Å². The van der Waals surface area contributed by atoms with Crippen molar-refractivity contribution in [3.8, 4) is 5.75 Å². The Morgan fingerprint density at radius 2 is 2.23 bits per heavy atom. The summed E-state index contributed by atoms with van der Waals surface area (Å²) in [6, 6.07) is 5.27. The fourth-order valence-corrected chi connectivity index (χ4v) is 1.31. The maximum Gasteiger partial charge on any atom is 0.146 e. The van der Waals surface area contributed by atoms with Crippen LogP contribution in [0.1, 0.15) is 12.5 Å². The van der Waals surface area contributed by atoms with Gasteiger partial charge in [-0.2, -0.15) is 0 Å². The molecule has 0 amide bonds. The zero-order valence-electron chi connectivity index (χ0n) is 7.41. The molecule has 0 aromatic heterocycles. The zero-order chi connectivity index (χ0) is 9.84. The molecule has 0 saturated heterocycles. The maximum atomic E-state index is 8.59. The smallest absolute Gasteiger partial charge is 0.146 e. The Kier molecular flexibility index (Phi) is 3.14. The summed E-state index contributed by atoms with van der Waals surface area (Å²) < 4.78 is 5.08. The van der Waals surface area contributed by atoms with Crippen LogP contribution in [-0.2, 0) is 0 Å².